The predicted octanol–water partition coefficient (Wildman–Crippen LogP) is 4.35. The smallest absolute Gasteiger partial charge is 0.286 e. The third-order valence-corrected chi connectivity index (χ3v) is 6.10. The van der Waals surface area contributed by atoms with Gasteiger partial charge in [-0.2, -0.15) is 0 Å². The van der Waals surface area contributed by atoms with E-state index in [2.05, 4.69) is 20.8 Å². The summed E-state index contributed by atoms with van der Waals surface area (Å²) in [5, 5.41) is 14.7. The van der Waals surface area contributed by atoms with Gasteiger partial charge in [0, 0.05) is 17.3 Å². The first kappa shape index (κ1) is 21.0. The van der Waals surface area contributed by atoms with Gasteiger partial charge in [0.15, 0.2) is 5.01 Å². The summed E-state index contributed by atoms with van der Waals surface area (Å²) >= 11 is 1.19. The molecule has 2 amide bonds. The molecule has 0 spiro atoms. The Balaban J connectivity index is 1.31. The minimum atomic E-state index is -0.345. The van der Waals surface area contributed by atoms with Crippen molar-refractivity contribution in [2.45, 2.75) is 45.3 Å². The van der Waals surface area contributed by atoms with E-state index in [4.69, 9.17) is 4.74 Å². The Bertz CT molecular complexity index is 1060. The third-order valence-electron chi connectivity index (χ3n) is 5.20. The van der Waals surface area contributed by atoms with Crippen molar-refractivity contribution in [1.82, 2.24) is 15.5 Å². The highest BCUT2D eigenvalue weighted by atomic mass is 32.1. The average Bonchev–Trinajstić information content (AvgIpc) is 3.46. The molecule has 7 nitrogen and oxygen atoms in total. The minimum Gasteiger partial charge on any atom is -0.486 e. The number of aryl methyl sites for hydroxylation is 1. The van der Waals surface area contributed by atoms with E-state index in [1.54, 1.807) is 24.3 Å². The molecule has 0 unspecified atom stereocenters. The quantitative estimate of drug-likeness (QED) is 0.574. The summed E-state index contributed by atoms with van der Waals surface area (Å²) in [5.74, 6) is 0.357. The Morgan fingerprint density at radius 1 is 1.03 bits per heavy atom. The van der Waals surface area contributed by atoms with Crippen LogP contribution in [0.4, 0.5) is 5.69 Å². The van der Waals surface area contributed by atoms with Crippen molar-refractivity contribution >= 4 is 28.8 Å². The van der Waals surface area contributed by atoms with Crippen LogP contribution in [0.15, 0.2) is 48.5 Å². The first-order valence-corrected chi connectivity index (χ1v) is 11.1. The molecule has 8 heteroatoms. The summed E-state index contributed by atoms with van der Waals surface area (Å²) in [5.41, 5.74) is 2.21. The number of hydrogen-bond donors (Lipinski definition) is 2. The van der Waals surface area contributed by atoms with E-state index in [1.165, 1.54) is 24.2 Å². The number of ether oxygens (including phenoxy) is 1. The number of nitrogens with one attached hydrogen (secondary N) is 2. The summed E-state index contributed by atoms with van der Waals surface area (Å²) in [6.07, 6.45) is 4.42. The Morgan fingerprint density at radius 3 is 2.52 bits per heavy atom. The number of anilines is 1. The van der Waals surface area contributed by atoms with Gasteiger partial charge in [-0.3, -0.25) is 9.59 Å². The number of nitrogens with zero attached hydrogens (tertiary/aromatic N) is 2. The Labute approximate surface area is 184 Å². The van der Waals surface area contributed by atoms with Gasteiger partial charge < -0.3 is 15.4 Å². The number of rotatable bonds is 7. The van der Waals surface area contributed by atoms with Crippen LogP contribution in [-0.4, -0.2) is 28.1 Å². The molecule has 0 radical (unpaired) electrons. The summed E-state index contributed by atoms with van der Waals surface area (Å²) in [4.78, 5) is 24.8. The third kappa shape index (κ3) is 5.46. The molecule has 1 saturated carbocycles. The number of amides is 2. The predicted molar refractivity (Wildman–Crippen MR) is 120 cm³/mol. The van der Waals surface area contributed by atoms with E-state index in [0.717, 1.165) is 24.2 Å². The molecular weight excluding hydrogens is 412 g/mol. The van der Waals surface area contributed by atoms with E-state index in [0.29, 0.717) is 16.3 Å². The molecule has 0 bridgehead atoms. The maximum absolute atomic E-state index is 12.5. The van der Waals surface area contributed by atoms with Gasteiger partial charge in [0.25, 0.3) is 11.8 Å². The molecule has 0 atom stereocenters. The van der Waals surface area contributed by atoms with Crippen molar-refractivity contribution in [3.05, 3.63) is 69.7 Å². The number of para-hydroxylation sites is 1. The van der Waals surface area contributed by atoms with Gasteiger partial charge in [-0.15, -0.1) is 10.2 Å². The van der Waals surface area contributed by atoms with Crippen LogP contribution in [0.1, 0.15) is 56.4 Å². The van der Waals surface area contributed by atoms with Crippen LogP contribution in [0, 0.1) is 6.92 Å². The van der Waals surface area contributed by atoms with Crippen LogP contribution in [0.25, 0.3) is 0 Å². The Hall–Kier alpha value is -3.26. The van der Waals surface area contributed by atoms with Gasteiger partial charge in [-0.1, -0.05) is 42.4 Å². The molecule has 0 saturated heterocycles. The zero-order valence-electron chi connectivity index (χ0n) is 17.3. The molecule has 3 aromatic rings. The Morgan fingerprint density at radius 2 is 1.77 bits per heavy atom. The number of aromatic nitrogens is 2. The van der Waals surface area contributed by atoms with Gasteiger partial charge in [0.2, 0.25) is 5.01 Å². The van der Waals surface area contributed by atoms with Crippen molar-refractivity contribution in [2.75, 3.05) is 5.32 Å². The standard InChI is InChI=1S/C23H24N4O3S/c1-15-6-2-5-9-19(15)30-14-20-26-27-23(31-20)22(29)25-18-12-10-16(11-13-18)21(28)24-17-7-3-4-8-17/h2,5-6,9-13,17H,3-4,7-8,14H2,1H3,(H,24,28)(H,25,29). The number of carbonyl (C=O) groups is 2. The van der Waals surface area contributed by atoms with Crippen molar-refractivity contribution in [3.63, 3.8) is 0 Å². The van der Waals surface area contributed by atoms with Gasteiger partial charge in [0.05, 0.1) is 0 Å². The lowest BCUT2D eigenvalue weighted by atomic mass is 10.1. The molecule has 1 aliphatic carbocycles. The van der Waals surface area contributed by atoms with Crippen LogP contribution >= 0.6 is 11.3 Å². The van der Waals surface area contributed by atoms with E-state index in [1.807, 2.05) is 31.2 Å². The lowest BCUT2D eigenvalue weighted by molar-refractivity contribution is 0.0937. The van der Waals surface area contributed by atoms with E-state index in [-0.39, 0.29) is 29.5 Å². The minimum absolute atomic E-state index is 0.0767. The second-order valence-corrected chi connectivity index (χ2v) is 8.60. The van der Waals surface area contributed by atoms with Crippen molar-refractivity contribution in [3.8, 4) is 5.75 Å². The fourth-order valence-corrected chi connectivity index (χ4v) is 4.14. The van der Waals surface area contributed by atoms with Crippen LogP contribution in [0.3, 0.4) is 0 Å². The monoisotopic (exact) mass is 436 g/mol. The summed E-state index contributed by atoms with van der Waals surface area (Å²) in [6.45, 7) is 2.22. The molecule has 1 heterocycles. The maximum atomic E-state index is 12.5. The molecule has 2 aromatic carbocycles. The fourth-order valence-electron chi connectivity index (χ4n) is 3.49. The van der Waals surface area contributed by atoms with Gasteiger partial charge >= 0.3 is 0 Å². The summed E-state index contributed by atoms with van der Waals surface area (Å²) in [6, 6.07) is 14.8. The summed E-state index contributed by atoms with van der Waals surface area (Å²) in [7, 11) is 0. The first-order valence-electron chi connectivity index (χ1n) is 10.3. The number of benzene rings is 2. The number of carbonyl (C=O) groups excluding carboxylic acids is 2. The molecule has 2 N–H and O–H groups in total. The molecule has 4 rings (SSSR count). The zero-order valence-corrected chi connectivity index (χ0v) is 18.1. The van der Waals surface area contributed by atoms with Crippen LogP contribution in [0.2, 0.25) is 0 Å². The van der Waals surface area contributed by atoms with Crippen LogP contribution < -0.4 is 15.4 Å². The van der Waals surface area contributed by atoms with E-state index < -0.39 is 0 Å². The van der Waals surface area contributed by atoms with Gasteiger partial charge in [-0.05, 0) is 55.7 Å². The van der Waals surface area contributed by atoms with E-state index in [9.17, 15) is 9.59 Å². The van der Waals surface area contributed by atoms with Crippen molar-refractivity contribution in [1.29, 1.82) is 0 Å². The first-order chi connectivity index (χ1) is 15.1. The molecular formula is C23H24N4O3S. The lowest BCUT2D eigenvalue weighted by Gasteiger charge is -2.12. The highest BCUT2D eigenvalue weighted by Gasteiger charge is 2.18. The van der Waals surface area contributed by atoms with Gasteiger partial charge in [0.1, 0.15) is 12.4 Å². The second kappa shape index (κ2) is 9.70. The second-order valence-electron chi connectivity index (χ2n) is 7.54. The zero-order chi connectivity index (χ0) is 21.6. The van der Waals surface area contributed by atoms with Crippen LogP contribution in [0.5, 0.6) is 5.75 Å². The Kier molecular flexibility index (Phi) is 6.57. The topological polar surface area (TPSA) is 93.2 Å². The van der Waals surface area contributed by atoms with E-state index >= 15 is 0 Å². The van der Waals surface area contributed by atoms with Gasteiger partial charge in [-0.25, -0.2) is 0 Å². The molecule has 1 aromatic heterocycles. The SMILES string of the molecule is Cc1ccccc1OCc1nnc(C(=O)Nc2ccc(C(=O)NC3CCCC3)cc2)s1. The largest absolute Gasteiger partial charge is 0.486 e. The van der Waals surface area contributed by atoms with Crippen LogP contribution in [-0.2, 0) is 6.61 Å². The average molecular weight is 437 g/mol. The highest BCUT2D eigenvalue weighted by Crippen LogP contribution is 2.21. The maximum Gasteiger partial charge on any atom is 0.286 e. The molecule has 0 aliphatic heterocycles. The molecule has 1 aliphatic rings. The van der Waals surface area contributed by atoms with Crippen molar-refractivity contribution < 1.29 is 14.3 Å². The normalized spacial score (nSPS) is 13.7. The number of hydrogen-bond acceptors (Lipinski definition) is 6. The molecule has 160 valence electrons. The summed E-state index contributed by atoms with van der Waals surface area (Å²) < 4.78 is 5.76. The fraction of sp³-hybridized carbons (Fsp3) is 0.304. The molecule has 1 fully saturated rings. The highest BCUT2D eigenvalue weighted by molar-refractivity contribution is 7.13. The molecule has 31 heavy (non-hydrogen) atoms. The van der Waals surface area contributed by atoms with Crippen molar-refractivity contribution in [2.24, 2.45) is 0 Å². The lowest BCUT2D eigenvalue weighted by Crippen LogP contribution is -2.32.